The maximum absolute atomic E-state index is 13.4. The molecule has 0 heterocycles. The van der Waals surface area contributed by atoms with E-state index in [2.05, 4.69) is 5.32 Å². The van der Waals surface area contributed by atoms with Crippen LogP contribution in [0.25, 0.3) is 0 Å². The third-order valence-corrected chi connectivity index (χ3v) is 5.17. The molecule has 2 amide bonds. The first-order valence-electron chi connectivity index (χ1n) is 10.4. The Kier molecular flexibility index (Phi) is 7.97. The molecule has 0 saturated heterocycles. The summed E-state index contributed by atoms with van der Waals surface area (Å²) in [6.07, 6.45) is 0.345. The fraction of sp³-hybridized carbons (Fsp3) is 0.231. The summed E-state index contributed by atoms with van der Waals surface area (Å²) in [4.78, 5) is 27.6. The molecule has 0 aliphatic carbocycles. The highest BCUT2D eigenvalue weighted by atomic mass is 19.1. The van der Waals surface area contributed by atoms with Gasteiger partial charge in [-0.05, 0) is 42.3 Å². The SMILES string of the molecule is CNC(=O)[C@H](Cc1ccccc1)N(Cc1ccc(F)cc1)C(=O)COc1ccc(C)cc1. The summed E-state index contributed by atoms with van der Waals surface area (Å²) >= 11 is 0. The van der Waals surface area contributed by atoms with Gasteiger partial charge in [-0.2, -0.15) is 0 Å². The zero-order valence-electron chi connectivity index (χ0n) is 18.3. The van der Waals surface area contributed by atoms with Crippen molar-refractivity contribution in [3.8, 4) is 5.75 Å². The van der Waals surface area contributed by atoms with E-state index in [0.29, 0.717) is 12.2 Å². The number of aryl methyl sites for hydroxylation is 1. The first-order chi connectivity index (χ1) is 15.5. The van der Waals surface area contributed by atoms with Gasteiger partial charge < -0.3 is 15.0 Å². The fourth-order valence-corrected chi connectivity index (χ4v) is 3.37. The monoisotopic (exact) mass is 434 g/mol. The van der Waals surface area contributed by atoms with Gasteiger partial charge in [0.15, 0.2) is 6.61 Å². The van der Waals surface area contributed by atoms with Crippen molar-refractivity contribution in [1.82, 2.24) is 10.2 Å². The maximum atomic E-state index is 13.4. The van der Waals surface area contributed by atoms with Crippen LogP contribution in [-0.2, 0) is 22.6 Å². The number of hydrogen-bond acceptors (Lipinski definition) is 3. The van der Waals surface area contributed by atoms with Crippen LogP contribution >= 0.6 is 0 Å². The number of benzene rings is 3. The molecule has 1 N–H and O–H groups in total. The molecule has 0 aliphatic heterocycles. The van der Waals surface area contributed by atoms with Crippen molar-refractivity contribution in [2.75, 3.05) is 13.7 Å². The highest BCUT2D eigenvalue weighted by Gasteiger charge is 2.30. The zero-order valence-corrected chi connectivity index (χ0v) is 18.3. The van der Waals surface area contributed by atoms with Crippen molar-refractivity contribution in [2.24, 2.45) is 0 Å². The number of ether oxygens (including phenoxy) is 1. The van der Waals surface area contributed by atoms with Crippen molar-refractivity contribution in [3.63, 3.8) is 0 Å². The highest BCUT2D eigenvalue weighted by molar-refractivity contribution is 5.88. The van der Waals surface area contributed by atoms with Gasteiger partial charge in [0.1, 0.15) is 17.6 Å². The lowest BCUT2D eigenvalue weighted by Crippen LogP contribution is -2.51. The van der Waals surface area contributed by atoms with Crippen LogP contribution in [0.2, 0.25) is 0 Å². The second kappa shape index (κ2) is 11.1. The third-order valence-electron chi connectivity index (χ3n) is 5.17. The molecule has 0 aromatic heterocycles. The quantitative estimate of drug-likeness (QED) is 0.556. The third kappa shape index (κ3) is 6.41. The molecule has 3 aromatic carbocycles. The number of hydrogen-bond donors (Lipinski definition) is 1. The summed E-state index contributed by atoms with van der Waals surface area (Å²) < 4.78 is 19.1. The molecule has 5 nitrogen and oxygen atoms in total. The van der Waals surface area contributed by atoms with Crippen molar-refractivity contribution in [2.45, 2.75) is 25.9 Å². The minimum Gasteiger partial charge on any atom is -0.484 e. The molecule has 3 aromatic rings. The molecule has 0 saturated carbocycles. The van der Waals surface area contributed by atoms with Crippen LogP contribution in [0.1, 0.15) is 16.7 Å². The van der Waals surface area contributed by atoms with Gasteiger partial charge in [-0.25, -0.2) is 4.39 Å². The Hall–Kier alpha value is -3.67. The molecule has 166 valence electrons. The smallest absolute Gasteiger partial charge is 0.261 e. The van der Waals surface area contributed by atoms with Gasteiger partial charge in [0.25, 0.3) is 5.91 Å². The Morgan fingerprint density at radius 2 is 1.59 bits per heavy atom. The topological polar surface area (TPSA) is 58.6 Å². The van der Waals surface area contributed by atoms with Crippen molar-refractivity contribution in [1.29, 1.82) is 0 Å². The summed E-state index contributed by atoms with van der Waals surface area (Å²) in [7, 11) is 1.55. The molecule has 0 aliphatic rings. The van der Waals surface area contributed by atoms with Crippen molar-refractivity contribution >= 4 is 11.8 Å². The van der Waals surface area contributed by atoms with Crippen LogP contribution < -0.4 is 10.1 Å². The van der Waals surface area contributed by atoms with Crippen LogP contribution in [0.4, 0.5) is 4.39 Å². The summed E-state index contributed by atoms with van der Waals surface area (Å²) in [6.45, 7) is 1.91. The molecular weight excluding hydrogens is 407 g/mol. The lowest BCUT2D eigenvalue weighted by Gasteiger charge is -2.31. The number of nitrogens with one attached hydrogen (secondary N) is 1. The predicted octanol–water partition coefficient (Wildman–Crippen LogP) is 3.90. The van der Waals surface area contributed by atoms with E-state index in [1.165, 1.54) is 17.0 Å². The van der Waals surface area contributed by atoms with Crippen LogP contribution in [-0.4, -0.2) is 36.4 Å². The van der Waals surface area contributed by atoms with Crippen molar-refractivity contribution in [3.05, 3.63) is 101 Å². The second-order valence-electron chi connectivity index (χ2n) is 7.57. The van der Waals surface area contributed by atoms with Gasteiger partial charge in [0.2, 0.25) is 5.91 Å². The van der Waals surface area contributed by atoms with E-state index >= 15 is 0 Å². The largest absolute Gasteiger partial charge is 0.484 e. The molecule has 0 radical (unpaired) electrons. The number of likely N-dealkylation sites (N-methyl/N-ethyl adjacent to an activating group) is 1. The Balaban J connectivity index is 1.85. The number of rotatable bonds is 9. The van der Waals surface area contributed by atoms with Crippen LogP contribution in [0.5, 0.6) is 5.75 Å². The van der Waals surface area contributed by atoms with Gasteiger partial charge in [-0.1, -0.05) is 60.2 Å². The molecular formula is C26H27FN2O3. The Morgan fingerprint density at radius 1 is 0.938 bits per heavy atom. The summed E-state index contributed by atoms with van der Waals surface area (Å²) in [5.41, 5.74) is 2.73. The van der Waals surface area contributed by atoms with Gasteiger partial charge >= 0.3 is 0 Å². The van der Waals surface area contributed by atoms with E-state index in [-0.39, 0.29) is 30.8 Å². The molecule has 3 rings (SSSR count). The normalized spacial score (nSPS) is 11.5. The van der Waals surface area contributed by atoms with E-state index in [9.17, 15) is 14.0 Å². The van der Waals surface area contributed by atoms with E-state index in [4.69, 9.17) is 4.74 Å². The molecule has 0 bridgehead atoms. The molecule has 0 unspecified atom stereocenters. The summed E-state index contributed by atoms with van der Waals surface area (Å²) in [6, 6.07) is 22.1. The number of halogens is 1. The van der Waals surface area contributed by atoms with E-state index in [1.54, 1.807) is 31.3 Å². The maximum Gasteiger partial charge on any atom is 0.261 e. The number of nitrogens with zero attached hydrogens (tertiary/aromatic N) is 1. The summed E-state index contributed by atoms with van der Waals surface area (Å²) in [5.74, 6) is -0.397. The first-order valence-corrected chi connectivity index (χ1v) is 10.4. The molecule has 1 atom stereocenters. The van der Waals surface area contributed by atoms with Gasteiger partial charge in [-0.3, -0.25) is 9.59 Å². The molecule has 6 heteroatoms. The highest BCUT2D eigenvalue weighted by Crippen LogP contribution is 2.17. The Bertz CT molecular complexity index is 1020. The van der Waals surface area contributed by atoms with Crippen LogP contribution in [0.15, 0.2) is 78.9 Å². The van der Waals surface area contributed by atoms with Crippen LogP contribution in [0.3, 0.4) is 0 Å². The average Bonchev–Trinajstić information content (AvgIpc) is 2.82. The average molecular weight is 435 g/mol. The molecule has 0 spiro atoms. The Labute approximate surface area is 187 Å². The second-order valence-corrected chi connectivity index (χ2v) is 7.57. The van der Waals surface area contributed by atoms with E-state index < -0.39 is 6.04 Å². The molecule has 32 heavy (non-hydrogen) atoms. The number of carbonyl (C=O) groups excluding carboxylic acids is 2. The number of carbonyl (C=O) groups is 2. The van der Waals surface area contributed by atoms with E-state index in [0.717, 1.165) is 16.7 Å². The molecule has 0 fully saturated rings. The van der Waals surface area contributed by atoms with Gasteiger partial charge in [-0.15, -0.1) is 0 Å². The fourth-order valence-electron chi connectivity index (χ4n) is 3.37. The lowest BCUT2D eigenvalue weighted by molar-refractivity contribution is -0.142. The van der Waals surface area contributed by atoms with Gasteiger partial charge in [0, 0.05) is 20.0 Å². The summed E-state index contributed by atoms with van der Waals surface area (Å²) in [5, 5.41) is 2.66. The minimum atomic E-state index is -0.749. The number of amides is 2. The zero-order chi connectivity index (χ0) is 22.9. The van der Waals surface area contributed by atoms with Gasteiger partial charge in [0.05, 0.1) is 0 Å². The predicted molar refractivity (Wildman–Crippen MR) is 122 cm³/mol. The Morgan fingerprint density at radius 3 is 2.22 bits per heavy atom. The van der Waals surface area contributed by atoms with Crippen LogP contribution in [0, 0.1) is 12.7 Å². The first kappa shape index (κ1) is 23.0. The lowest BCUT2D eigenvalue weighted by atomic mass is 10.0. The minimum absolute atomic E-state index is 0.154. The van der Waals surface area contributed by atoms with E-state index in [1.807, 2.05) is 49.4 Å². The standard InChI is InChI=1S/C26H27FN2O3/c1-19-8-14-23(15-9-19)32-18-25(30)29(17-21-10-12-22(27)13-11-21)24(26(31)28-2)16-20-6-4-3-5-7-20/h3-15,24H,16-18H2,1-2H3,(H,28,31)/t24-/m0/s1. The van der Waals surface area contributed by atoms with Crippen molar-refractivity contribution < 1.29 is 18.7 Å².